The van der Waals surface area contributed by atoms with Crippen molar-refractivity contribution in [3.8, 4) is 0 Å². The molecule has 7 heteroatoms. The minimum absolute atomic E-state index is 0.159. The average Bonchev–Trinajstić information content (AvgIpc) is 2.48. The van der Waals surface area contributed by atoms with E-state index in [1.807, 2.05) is 0 Å². The first-order valence-electron chi connectivity index (χ1n) is 10.5. The molecule has 0 amide bonds. The van der Waals surface area contributed by atoms with E-state index < -0.39 is 30.6 Å². The highest BCUT2D eigenvalue weighted by Crippen LogP contribution is 2.49. The van der Waals surface area contributed by atoms with E-state index in [9.17, 15) is 4.79 Å². The predicted molar refractivity (Wildman–Crippen MR) is 129 cm³/mol. The number of hydrogen-bond donors (Lipinski definition) is 0. The molecule has 3 nitrogen and oxygen atoms in total. The van der Waals surface area contributed by atoms with Gasteiger partial charge in [0.05, 0.1) is 28.5 Å². The van der Waals surface area contributed by atoms with Crippen molar-refractivity contribution in [2.45, 2.75) is 109 Å². The van der Waals surface area contributed by atoms with Gasteiger partial charge in [-0.05, 0) is 25.8 Å². The molecule has 1 fully saturated rings. The molecule has 0 bridgehead atoms. The smallest absolute Gasteiger partial charge is 0.333 e. The minimum Gasteiger partial charge on any atom is -0.456 e. The molecular formula is C20H44O3Si4. The van der Waals surface area contributed by atoms with Gasteiger partial charge in [0.1, 0.15) is 6.10 Å². The van der Waals surface area contributed by atoms with Crippen LogP contribution in [0.2, 0.25) is 65.0 Å². The predicted octanol–water partition coefficient (Wildman–Crippen LogP) is 6.09. The van der Waals surface area contributed by atoms with Crippen LogP contribution >= 0.6 is 0 Å². The van der Waals surface area contributed by atoms with Crippen LogP contribution in [-0.2, 0) is 14.0 Å². The zero-order valence-electron chi connectivity index (χ0n) is 19.8. The standard InChI is InChI=1S/C20H44O3Si4/c1-13-18(22-19(21)17(2)3)20(24(4,5)6)15-14-16-27(23-20,25(7,8)9)26(10,11)12/h18H,2,13-16H2,1,3-12H3. The first-order valence-corrected chi connectivity index (χ1v) is 25.1. The van der Waals surface area contributed by atoms with Gasteiger partial charge in [0.25, 0.3) is 0 Å². The molecule has 0 aliphatic carbocycles. The molecule has 1 aliphatic rings. The van der Waals surface area contributed by atoms with Crippen molar-refractivity contribution >= 4 is 36.6 Å². The van der Waals surface area contributed by atoms with Crippen molar-refractivity contribution in [1.82, 2.24) is 0 Å². The molecule has 27 heavy (non-hydrogen) atoms. The van der Waals surface area contributed by atoms with E-state index in [4.69, 9.17) is 9.16 Å². The van der Waals surface area contributed by atoms with Crippen LogP contribution in [0.5, 0.6) is 0 Å². The quantitative estimate of drug-likeness (QED) is 0.271. The lowest BCUT2D eigenvalue weighted by Crippen LogP contribution is -2.81. The second-order valence-corrected chi connectivity index (χ2v) is 43.6. The Bertz CT molecular complexity index is 555. The summed E-state index contributed by atoms with van der Waals surface area (Å²) >= 11 is 0. The van der Waals surface area contributed by atoms with Gasteiger partial charge in [0, 0.05) is 5.57 Å². The number of hydrogen-bond acceptors (Lipinski definition) is 3. The van der Waals surface area contributed by atoms with Crippen LogP contribution in [-0.4, -0.2) is 47.9 Å². The zero-order chi connectivity index (χ0) is 21.5. The molecule has 1 aliphatic heterocycles. The molecule has 0 aromatic rings. The summed E-state index contributed by atoms with van der Waals surface area (Å²) in [5.74, 6) is -0.262. The number of esters is 1. The van der Waals surface area contributed by atoms with Gasteiger partial charge in [-0.2, -0.15) is 0 Å². The number of rotatable bonds is 7. The Morgan fingerprint density at radius 1 is 1.11 bits per heavy atom. The van der Waals surface area contributed by atoms with Gasteiger partial charge < -0.3 is 9.16 Å². The maximum atomic E-state index is 12.4. The third kappa shape index (κ3) is 4.62. The number of carbonyl (C=O) groups excluding carboxylic acids is 1. The molecule has 0 saturated carbocycles. The molecule has 0 aromatic heterocycles. The van der Waals surface area contributed by atoms with Crippen LogP contribution in [0.4, 0.5) is 0 Å². The van der Waals surface area contributed by atoms with Crippen LogP contribution in [0.15, 0.2) is 12.2 Å². The normalized spacial score (nSPS) is 25.0. The summed E-state index contributed by atoms with van der Waals surface area (Å²) in [6.45, 7) is 30.1. The van der Waals surface area contributed by atoms with Crippen molar-refractivity contribution in [2.75, 3.05) is 0 Å². The van der Waals surface area contributed by atoms with Gasteiger partial charge >= 0.3 is 5.97 Å². The SMILES string of the molecule is C=C(C)C(=O)OC(CC)C1([Si](C)(C)C)CCC[Si]([Si](C)(C)C)([Si](C)(C)C)O1. The molecule has 1 saturated heterocycles. The summed E-state index contributed by atoms with van der Waals surface area (Å²) in [5.41, 5.74) is 0.480. The zero-order valence-corrected chi connectivity index (χ0v) is 23.8. The summed E-state index contributed by atoms with van der Waals surface area (Å²) in [5, 5.41) is -0.266. The number of carbonyl (C=O) groups is 1. The van der Waals surface area contributed by atoms with Gasteiger partial charge in [0.15, 0.2) is 7.35 Å². The van der Waals surface area contributed by atoms with E-state index in [1.54, 1.807) is 6.92 Å². The first-order chi connectivity index (χ1) is 12.0. The molecule has 0 N–H and O–H groups in total. The summed E-state index contributed by atoms with van der Waals surface area (Å²) in [6, 6.07) is 1.30. The molecule has 1 heterocycles. The lowest BCUT2D eigenvalue weighted by Gasteiger charge is -2.62. The molecule has 2 unspecified atom stereocenters. The van der Waals surface area contributed by atoms with Crippen molar-refractivity contribution < 1.29 is 14.0 Å². The van der Waals surface area contributed by atoms with Crippen LogP contribution in [0.25, 0.3) is 0 Å². The van der Waals surface area contributed by atoms with Crippen molar-refractivity contribution in [1.29, 1.82) is 0 Å². The van der Waals surface area contributed by atoms with E-state index in [0.717, 1.165) is 12.8 Å². The molecule has 0 radical (unpaired) electrons. The summed E-state index contributed by atoms with van der Waals surface area (Å²) in [7, 11) is -6.65. The summed E-state index contributed by atoms with van der Waals surface area (Å²) in [4.78, 5) is 12.4. The lowest BCUT2D eigenvalue weighted by molar-refractivity contribution is -0.153. The fraction of sp³-hybridized carbons (Fsp3) is 0.850. The van der Waals surface area contributed by atoms with Crippen LogP contribution in [0.1, 0.15) is 33.1 Å². The van der Waals surface area contributed by atoms with Crippen molar-refractivity contribution in [3.05, 3.63) is 12.2 Å². The largest absolute Gasteiger partial charge is 0.456 e. The van der Waals surface area contributed by atoms with Gasteiger partial charge in [-0.25, -0.2) is 4.79 Å². The second-order valence-electron chi connectivity index (χ2n) is 11.5. The fourth-order valence-corrected chi connectivity index (χ4v) is 51.2. The summed E-state index contributed by atoms with van der Waals surface area (Å²) in [6.07, 6.45) is 2.92. The Morgan fingerprint density at radius 3 is 1.93 bits per heavy atom. The third-order valence-electron chi connectivity index (χ3n) is 6.61. The van der Waals surface area contributed by atoms with Gasteiger partial charge in [-0.15, -0.1) is 0 Å². The Balaban J connectivity index is 3.58. The highest BCUT2D eigenvalue weighted by Gasteiger charge is 2.65. The lowest BCUT2D eigenvalue weighted by atomic mass is 10.1. The molecule has 158 valence electrons. The highest BCUT2D eigenvalue weighted by molar-refractivity contribution is 7.66. The summed E-state index contributed by atoms with van der Waals surface area (Å²) < 4.78 is 13.7. The molecule has 0 aromatic carbocycles. The maximum Gasteiger partial charge on any atom is 0.333 e. The van der Waals surface area contributed by atoms with Crippen molar-refractivity contribution in [3.63, 3.8) is 0 Å². The number of ether oxygens (including phenoxy) is 1. The Morgan fingerprint density at radius 2 is 1.59 bits per heavy atom. The van der Waals surface area contributed by atoms with E-state index in [1.165, 1.54) is 12.5 Å². The highest BCUT2D eigenvalue weighted by atomic mass is 29.7. The fourth-order valence-electron chi connectivity index (χ4n) is 5.17. The first kappa shape index (κ1) is 25.1. The van der Waals surface area contributed by atoms with Crippen molar-refractivity contribution in [2.24, 2.45) is 0 Å². The van der Waals surface area contributed by atoms with Gasteiger partial charge in [-0.3, -0.25) is 0 Å². The third-order valence-corrected chi connectivity index (χ3v) is 46.8. The Hall–Kier alpha value is 0.0375. The van der Waals surface area contributed by atoms with Gasteiger partial charge in [0.2, 0.25) is 0 Å². The second kappa shape index (κ2) is 8.05. The monoisotopic (exact) mass is 444 g/mol. The maximum absolute atomic E-state index is 12.4. The van der Waals surface area contributed by atoms with E-state index in [-0.39, 0.29) is 17.3 Å². The van der Waals surface area contributed by atoms with E-state index in [2.05, 4.69) is 72.4 Å². The molecule has 0 spiro atoms. The molecule has 2 atom stereocenters. The Kier molecular flexibility index (Phi) is 7.47. The Labute approximate surface area is 172 Å². The molecular weight excluding hydrogens is 401 g/mol. The van der Waals surface area contributed by atoms with E-state index in [0.29, 0.717) is 5.57 Å². The molecule has 1 rings (SSSR count). The van der Waals surface area contributed by atoms with Crippen LogP contribution in [0, 0.1) is 0 Å². The topological polar surface area (TPSA) is 35.5 Å². The van der Waals surface area contributed by atoms with E-state index >= 15 is 0 Å². The average molecular weight is 445 g/mol. The van der Waals surface area contributed by atoms with Gasteiger partial charge in [-0.1, -0.05) is 78.8 Å². The van der Waals surface area contributed by atoms with Crippen LogP contribution in [0.3, 0.4) is 0 Å². The van der Waals surface area contributed by atoms with Crippen LogP contribution < -0.4 is 0 Å². The minimum atomic E-state index is -1.89.